The minimum atomic E-state index is 0.222. The van der Waals surface area contributed by atoms with Gasteiger partial charge in [-0.25, -0.2) is 0 Å². The summed E-state index contributed by atoms with van der Waals surface area (Å²) in [7, 11) is 0. The van der Waals surface area contributed by atoms with Crippen LogP contribution in [0.2, 0.25) is 0 Å². The summed E-state index contributed by atoms with van der Waals surface area (Å²) < 4.78 is 2.08. The predicted molar refractivity (Wildman–Crippen MR) is 85.1 cm³/mol. The molecule has 0 aliphatic heterocycles. The van der Waals surface area contributed by atoms with E-state index < -0.39 is 0 Å². The van der Waals surface area contributed by atoms with Crippen LogP contribution >= 0.6 is 0 Å². The van der Waals surface area contributed by atoms with Crippen LogP contribution in [-0.4, -0.2) is 34.5 Å². The van der Waals surface area contributed by atoms with Gasteiger partial charge in [0.05, 0.1) is 0 Å². The lowest BCUT2D eigenvalue weighted by molar-refractivity contribution is -0.132. The number of benzene rings is 1. The first-order valence-electron chi connectivity index (χ1n) is 7.81. The Bertz CT molecular complexity index is 643. The van der Waals surface area contributed by atoms with Crippen molar-refractivity contribution >= 4 is 16.8 Å². The second-order valence-electron chi connectivity index (χ2n) is 5.75. The molecule has 0 radical (unpaired) electrons. The minimum absolute atomic E-state index is 0.222. The fraction of sp³-hybridized carbons (Fsp3) is 0.471. The second kappa shape index (κ2) is 5.90. The molecule has 2 aromatic rings. The van der Waals surface area contributed by atoms with Gasteiger partial charge < -0.3 is 15.2 Å². The molecule has 1 aliphatic carbocycles. The Morgan fingerprint density at radius 2 is 2.14 bits per heavy atom. The number of rotatable bonds is 6. The third-order valence-corrected chi connectivity index (χ3v) is 4.24. The quantitative estimate of drug-likeness (QED) is 0.884. The van der Waals surface area contributed by atoms with Crippen molar-refractivity contribution in [2.75, 3.05) is 13.1 Å². The summed E-state index contributed by atoms with van der Waals surface area (Å²) >= 11 is 0. The van der Waals surface area contributed by atoms with Crippen molar-refractivity contribution in [2.45, 2.75) is 38.8 Å². The number of aromatic nitrogens is 1. The van der Waals surface area contributed by atoms with Crippen LogP contribution in [0.25, 0.3) is 10.9 Å². The summed E-state index contributed by atoms with van der Waals surface area (Å²) in [5.41, 5.74) is 8.05. The van der Waals surface area contributed by atoms with Gasteiger partial charge in [-0.2, -0.15) is 0 Å². The van der Waals surface area contributed by atoms with E-state index in [1.165, 1.54) is 10.9 Å². The van der Waals surface area contributed by atoms with Crippen molar-refractivity contribution in [3.05, 3.63) is 36.0 Å². The number of hydrogen-bond acceptors (Lipinski definition) is 2. The van der Waals surface area contributed by atoms with Crippen molar-refractivity contribution < 1.29 is 4.79 Å². The number of nitrogens with zero attached hydrogens (tertiary/aromatic N) is 2. The summed E-state index contributed by atoms with van der Waals surface area (Å²) in [5.74, 6) is 0.222. The van der Waals surface area contributed by atoms with Crippen molar-refractivity contribution in [1.29, 1.82) is 0 Å². The zero-order chi connectivity index (χ0) is 14.8. The van der Waals surface area contributed by atoms with Crippen LogP contribution in [0.3, 0.4) is 0 Å². The molecule has 1 aliphatic rings. The third kappa shape index (κ3) is 2.81. The zero-order valence-electron chi connectivity index (χ0n) is 12.6. The summed E-state index contributed by atoms with van der Waals surface area (Å²) in [6.07, 6.45) is 5.26. The van der Waals surface area contributed by atoms with E-state index in [1.807, 2.05) is 17.0 Å². The van der Waals surface area contributed by atoms with Crippen LogP contribution < -0.4 is 5.73 Å². The predicted octanol–water partition coefficient (Wildman–Crippen LogP) is 2.15. The average molecular weight is 285 g/mol. The lowest BCUT2D eigenvalue weighted by Gasteiger charge is -2.20. The fourth-order valence-corrected chi connectivity index (χ4v) is 3.07. The first-order chi connectivity index (χ1) is 10.2. The summed E-state index contributed by atoms with van der Waals surface area (Å²) in [6, 6.07) is 8.73. The number of fused-ring (bicyclic) bond motifs is 1. The van der Waals surface area contributed by atoms with Crippen molar-refractivity contribution in [1.82, 2.24) is 9.47 Å². The first-order valence-corrected chi connectivity index (χ1v) is 7.81. The molecule has 0 bridgehead atoms. The Kier molecular flexibility index (Phi) is 3.97. The molecule has 4 nitrogen and oxygen atoms in total. The Morgan fingerprint density at radius 1 is 1.38 bits per heavy atom. The standard InChI is InChI=1S/C17H23N3O/c1-2-20(14-7-8-14)17(21)12-19-11-13(9-10-18)15-5-3-4-6-16(15)19/h3-6,11,14H,2,7-10,12,18H2,1H3. The smallest absolute Gasteiger partial charge is 0.242 e. The van der Waals surface area contributed by atoms with Crippen LogP contribution in [0, 0.1) is 0 Å². The molecule has 0 spiro atoms. The van der Waals surface area contributed by atoms with Crippen LogP contribution in [0.5, 0.6) is 0 Å². The Labute approximate surface area is 125 Å². The molecule has 3 rings (SSSR count). The summed E-state index contributed by atoms with van der Waals surface area (Å²) in [5, 5.41) is 1.21. The van der Waals surface area contributed by atoms with E-state index in [0.717, 1.165) is 31.3 Å². The van der Waals surface area contributed by atoms with E-state index in [0.29, 0.717) is 19.1 Å². The number of amides is 1. The van der Waals surface area contributed by atoms with Crippen LogP contribution in [0.4, 0.5) is 0 Å². The summed E-state index contributed by atoms with van der Waals surface area (Å²) in [4.78, 5) is 14.5. The minimum Gasteiger partial charge on any atom is -0.338 e. The highest BCUT2D eigenvalue weighted by atomic mass is 16.2. The van der Waals surface area contributed by atoms with E-state index in [-0.39, 0.29) is 5.91 Å². The van der Waals surface area contributed by atoms with Crippen LogP contribution in [0.1, 0.15) is 25.3 Å². The molecular formula is C17H23N3O. The second-order valence-corrected chi connectivity index (χ2v) is 5.75. The van der Waals surface area contributed by atoms with Gasteiger partial charge in [-0.15, -0.1) is 0 Å². The van der Waals surface area contributed by atoms with E-state index in [2.05, 4.69) is 29.8 Å². The lowest BCUT2D eigenvalue weighted by Crippen LogP contribution is -2.35. The normalized spacial score (nSPS) is 14.6. The Hall–Kier alpha value is -1.81. The van der Waals surface area contributed by atoms with Gasteiger partial charge in [0.1, 0.15) is 6.54 Å². The number of hydrogen-bond donors (Lipinski definition) is 1. The van der Waals surface area contributed by atoms with Gasteiger partial charge in [0.2, 0.25) is 5.91 Å². The molecule has 1 aromatic carbocycles. The number of carbonyl (C=O) groups is 1. The fourth-order valence-electron chi connectivity index (χ4n) is 3.07. The maximum Gasteiger partial charge on any atom is 0.242 e. The van der Waals surface area contributed by atoms with Crippen molar-refractivity contribution in [3.63, 3.8) is 0 Å². The number of nitrogens with two attached hydrogens (primary N) is 1. The molecule has 4 heteroatoms. The highest BCUT2D eigenvalue weighted by Crippen LogP contribution is 2.27. The molecule has 1 aromatic heterocycles. The van der Waals surface area contributed by atoms with Crippen LogP contribution in [0.15, 0.2) is 30.5 Å². The van der Waals surface area contributed by atoms with E-state index in [4.69, 9.17) is 5.73 Å². The van der Waals surface area contributed by atoms with Gasteiger partial charge in [0, 0.05) is 29.7 Å². The molecule has 21 heavy (non-hydrogen) atoms. The monoisotopic (exact) mass is 285 g/mol. The average Bonchev–Trinajstić information content (AvgIpc) is 3.26. The topological polar surface area (TPSA) is 51.3 Å². The highest BCUT2D eigenvalue weighted by Gasteiger charge is 2.31. The largest absolute Gasteiger partial charge is 0.338 e. The van der Waals surface area contributed by atoms with Crippen molar-refractivity contribution in [3.8, 4) is 0 Å². The first kappa shape index (κ1) is 14.1. The van der Waals surface area contributed by atoms with Gasteiger partial charge in [0.15, 0.2) is 0 Å². The molecule has 1 fully saturated rings. The van der Waals surface area contributed by atoms with E-state index in [1.54, 1.807) is 0 Å². The van der Waals surface area contributed by atoms with E-state index in [9.17, 15) is 4.79 Å². The molecule has 1 saturated carbocycles. The van der Waals surface area contributed by atoms with Gasteiger partial charge in [-0.1, -0.05) is 18.2 Å². The number of likely N-dealkylation sites (N-methyl/N-ethyl adjacent to an activating group) is 1. The molecular weight excluding hydrogens is 262 g/mol. The maximum atomic E-state index is 12.5. The maximum absolute atomic E-state index is 12.5. The van der Waals surface area contributed by atoms with Gasteiger partial charge in [-0.05, 0) is 44.4 Å². The summed E-state index contributed by atoms with van der Waals surface area (Å²) in [6.45, 7) is 3.92. The SMILES string of the molecule is CCN(C(=O)Cn1cc(CCN)c2ccccc21)C1CC1. The lowest BCUT2D eigenvalue weighted by atomic mass is 10.1. The number of para-hydroxylation sites is 1. The van der Waals surface area contributed by atoms with E-state index >= 15 is 0 Å². The van der Waals surface area contributed by atoms with Gasteiger partial charge in [0.25, 0.3) is 0 Å². The highest BCUT2D eigenvalue weighted by molar-refractivity contribution is 5.86. The molecule has 1 heterocycles. The third-order valence-electron chi connectivity index (χ3n) is 4.24. The van der Waals surface area contributed by atoms with Crippen molar-refractivity contribution in [2.24, 2.45) is 5.73 Å². The molecule has 112 valence electrons. The van der Waals surface area contributed by atoms with Gasteiger partial charge >= 0.3 is 0 Å². The molecule has 0 saturated heterocycles. The van der Waals surface area contributed by atoms with Gasteiger partial charge in [-0.3, -0.25) is 4.79 Å². The Balaban J connectivity index is 1.87. The zero-order valence-corrected chi connectivity index (χ0v) is 12.6. The molecule has 0 atom stereocenters. The molecule has 1 amide bonds. The molecule has 2 N–H and O–H groups in total. The Morgan fingerprint density at radius 3 is 2.81 bits per heavy atom. The van der Waals surface area contributed by atoms with Crippen LogP contribution in [-0.2, 0) is 17.8 Å². The molecule has 0 unspecified atom stereocenters. The number of carbonyl (C=O) groups excluding carboxylic acids is 1.